The van der Waals surface area contributed by atoms with E-state index in [2.05, 4.69) is 33.1 Å². The van der Waals surface area contributed by atoms with Gasteiger partial charge in [0, 0.05) is 4.48 Å². The fourth-order valence-corrected chi connectivity index (χ4v) is 1.43. The smallest absolute Gasteiger partial charge is 0.330 e. The van der Waals surface area contributed by atoms with E-state index < -0.39 is 18.0 Å². The van der Waals surface area contributed by atoms with Gasteiger partial charge in [-0.15, -0.1) is 0 Å². The maximum Gasteiger partial charge on any atom is 0.330 e. The van der Waals surface area contributed by atoms with Gasteiger partial charge in [0.15, 0.2) is 6.04 Å². The van der Waals surface area contributed by atoms with E-state index in [0.717, 1.165) is 0 Å². The Balaban J connectivity index is 2.67. The largest absolute Gasteiger partial charge is 0.479 e. The highest BCUT2D eigenvalue weighted by atomic mass is 79.9. The zero-order chi connectivity index (χ0) is 13.5. The molecule has 0 aliphatic rings. The molecule has 0 spiro atoms. The number of urea groups is 1. The van der Waals surface area contributed by atoms with Crippen LogP contribution in [0.3, 0.4) is 0 Å². The molecule has 5 nitrogen and oxygen atoms in total. The molecular formula is C12H13BrN2O3. The van der Waals surface area contributed by atoms with Crippen molar-refractivity contribution in [1.29, 1.82) is 0 Å². The van der Waals surface area contributed by atoms with Crippen molar-refractivity contribution < 1.29 is 14.7 Å². The second-order valence-corrected chi connectivity index (χ2v) is 4.65. The highest BCUT2D eigenvalue weighted by Crippen LogP contribution is 2.12. The molecule has 1 rings (SSSR count). The molecule has 6 heteroatoms. The topological polar surface area (TPSA) is 78.4 Å². The summed E-state index contributed by atoms with van der Waals surface area (Å²) in [6.07, 6.45) is 0. The predicted molar refractivity (Wildman–Crippen MR) is 71.4 cm³/mol. The Morgan fingerprint density at radius 3 is 2.44 bits per heavy atom. The Labute approximate surface area is 113 Å². The summed E-state index contributed by atoms with van der Waals surface area (Å²) in [4.78, 5) is 22.6. The molecule has 1 aromatic carbocycles. The van der Waals surface area contributed by atoms with Crippen LogP contribution >= 0.6 is 15.9 Å². The third kappa shape index (κ3) is 4.58. The zero-order valence-electron chi connectivity index (χ0n) is 9.52. The van der Waals surface area contributed by atoms with Crippen molar-refractivity contribution in [3.05, 3.63) is 47.0 Å². The van der Waals surface area contributed by atoms with Gasteiger partial charge in [0.2, 0.25) is 0 Å². The number of carbonyl (C=O) groups excluding carboxylic acids is 1. The fraction of sp³-hybridized carbons (Fsp3) is 0.167. The van der Waals surface area contributed by atoms with Crippen molar-refractivity contribution >= 4 is 27.9 Å². The van der Waals surface area contributed by atoms with Gasteiger partial charge < -0.3 is 15.7 Å². The third-order valence-corrected chi connectivity index (χ3v) is 2.38. The molecule has 0 aliphatic heterocycles. The van der Waals surface area contributed by atoms with Crippen LogP contribution in [0, 0.1) is 0 Å². The van der Waals surface area contributed by atoms with Crippen LogP contribution in [0.5, 0.6) is 0 Å². The van der Waals surface area contributed by atoms with E-state index in [1.165, 1.54) is 0 Å². The molecule has 18 heavy (non-hydrogen) atoms. The lowest BCUT2D eigenvalue weighted by molar-refractivity contribution is -0.139. The van der Waals surface area contributed by atoms with Crippen molar-refractivity contribution in [2.24, 2.45) is 0 Å². The molecule has 0 aliphatic carbocycles. The number of carboxylic acids is 1. The molecule has 0 unspecified atom stereocenters. The number of benzene rings is 1. The van der Waals surface area contributed by atoms with Gasteiger partial charge in [-0.3, -0.25) is 0 Å². The maximum atomic E-state index is 11.5. The van der Waals surface area contributed by atoms with Crippen molar-refractivity contribution in [3.63, 3.8) is 0 Å². The number of amides is 2. The number of hydrogen-bond donors (Lipinski definition) is 3. The van der Waals surface area contributed by atoms with Gasteiger partial charge in [-0.25, -0.2) is 9.59 Å². The summed E-state index contributed by atoms with van der Waals surface area (Å²) >= 11 is 3.09. The van der Waals surface area contributed by atoms with E-state index in [0.29, 0.717) is 10.0 Å². The van der Waals surface area contributed by atoms with Crippen LogP contribution in [0.25, 0.3) is 0 Å². The number of carboxylic acid groups (broad SMARTS) is 1. The van der Waals surface area contributed by atoms with E-state index in [1.807, 2.05) is 0 Å². The minimum Gasteiger partial charge on any atom is -0.479 e. The summed E-state index contributed by atoms with van der Waals surface area (Å²) in [5.41, 5.74) is 0.512. The van der Waals surface area contributed by atoms with Crippen LogP contribution < -0.4 is 10.6 Å². The van der Waals surface area contributed by atoms with Gasteiger partial charge >= 0.3 is 12.0 Å². The first-order valence-corrected chi connectivity index (χ1v) is 5.95. The van der Waals surface area contributed by atoms with E-state index >= 15 is 0 Å². The first kappa shape index (κ1) is 14.2. The summed E-state index contributed by atoms with van der Waals surface area (Å²) < 4.78 is 0.601. The second-order valence-electron chi connectivity index (χ2n) is 3.53. The first-order valence-electron chi connectivity index (χ1n) is 5.16. The highest BCUT2D eigenvalue weighted by molar-refractivity contribution is 9.11. The van der Waals surface area contributed by atoms with Crippen LogP contribution in [0.2, 0.25) is 0 Å². The molecule has 0 saturated carbocycles. The minimum atomic E-state index is -1.12. The molecule has 0 saturated heterocycles. The van der Waals surface area contributed by atoms with E-state index in [-0.39, 0.29) is 6.54 Å². The fourth-order valence-electron chi connectivity index (χ4n) is 1.29. The minimum absolute atomic E-state index is 0.229. The van der Waals surface area contributed by atoms with E-state index in [4.69, 9.17) is 5.11 Å². The zero-order valence-corrected chi connectivity index (χ0v) is 11.1. The quantitative estimate of drug-likeness (QED) is 0.778. The van der Waals surface area contributed by atoms with Crippen LogP contribution in [-0.4, -0.2) is 23.7 Å². The van der Waals surface area contributed by atoms with Gasteiger partial charge in [-0.05, 0) is 5.56 Å². The van der Waals surface area contributed by atoms with Gasteiger partial charge in [0.25, 0.3) is 0 Å². The Morgan fingerprint density at radius 2 is 1.94 bits per heavy atom. The summed E-state index contributed by atoms with van der Waals surface area (Å²) in [7, 11) is 0. The van der Waals surface area contributed by atoms with Crippen molar-refractivity contribution in [3.8, 4) is 0 Å². The number of halogens is 1. The molecule has 0 radical (unpaired) electrons. The Morgan fingerprint density at radius 1 is 1.33 bits per heavy atom. The van der Waals surface area contributed by atoms with E-state index in [9.17, 15) is 9.59 Å². The van der Waals surface area contributed by atoms with Crippen LogP contribution in [0.1, 0.15) is 11.6 Å². The van der Waals surface area contributed by atoms with E-state index in [1.54, 1.807) is 30.3 Å². The summed E-state index contributed by atoms with van der Waals surface area (Å²) in [5.74, 6) is -1.12. The van der Waals surface area contributed by atoms with Gasteiger partial charge in [-0.1, -0.05) is 52.8 Å². The molecule has 1 aromatic rings. The third-order valence-electron chi connectivity index (χ3n) is 2.10. The lowest BCUT2D eigenvalue weighted by Gasteiger charge is -2.15. The number of carbonyl (C=O) groups is 2. The Kier molecular flexibility index (Phi) is 5.38. The van der Waals surface area contributed by atoms with Crippen LogP contribution in [0.4, 0.5) is 4.79 Å². The average molecular weight is 313 g/mol. The first-order chi connectivity index (χ1) is 8.50. The average Bonchev–Trinajstić information content (AvgIpc) is 2.34. The standard InChI is InChI=1S/C12H13BrN2O3/c1-8(13)7-14-12(18)15-10(11(16)17)9-5-3-2-4-6-9/h2-6,10H,1,7H2,(H,16,17)(H2,14,15,18)/t10-/m0/s1. The van der Waals surface area contributed by atoms with Gasteiger partial charge in [0.05, 0.1) is 6.54 Å². The molecule has 2 amide bonds. The summed E-state index contributed by atoms with van der Waals surface area (Å²) in [5, 5.41) is 13.9. The van der Waals surface area contributed by atoms with Gasteiger partial charge in [-0.2, -0.15) is 0 Å². The molecule has 0 bridgehead atoms. The summed E-state index contributed by atoms with van der Waals surface area (Å²) in [6, 6.07) is 6.85. The lowest BCUT2D eigenvalue weighted by atomic mass is 10.1. The Hall–Kier alpha value is -1.82. The van der Waals surface area contributed by atoms with Crippen molar-refractivity contribution in [2.75, 3.05) is 6.54 Å². The summed E-state index contributed by atoms with van der Waals surface area (Å²) in [6.45, 7) is 3.79. The SMILES string of the molecule is C=C(Br)CNC(=O)N[C@H](C(=O)O)c1ccccc1. The maximum absolute atomic E-state index is 11.5. The van der Waals surface area contributed by atoms with Gasteiger partial charge in [0.1, 0.15) is 0 Å². The second kappa shape index (κ2) is 6.80. The number of nitrogens with one attached hydrogen (secondary N) is 2. The molecular weight excluding hydrogens is 300 g/mol. The van der Waals surface area contributed by atoms with Crippen molar-refractivity contribution in [2.45, 2.75) is 6.04 Å². The predicted octanol–water partition coefficient (Wildman–Crippen LogP) is 2.02. The number of hydrogen-bond acceptors (Lipinski definition) is 2. The molecule has 0 fully saturated rings. The monoisotopic (exact) mass is 312 g/mol. The molecule has 0 aromatic heterocycles. The highest BCUT2D eigenvalue weighted by Gasteiger charge is 2.21. The normalized spacial score (nSPS) is 11.4. The number of aliphatic carboxylic acids is 1. The Bertz CT molecular complexity index is 448. The molecule has 0 heterocycles. The van der Waals surface area contributed by atoms with Crippen LogP contribution in [0.15, 0.2) is 41.4 Å². The molecule has 96 valence electrons. The number of rotatable bonds is 5. The molecule has 1 atom stereocenters. The molecule has 3 N–H and O–H groups in total. The lowest BCUT2D eigenvalue weighted by Crippen LogP contribution is -2.41. The van der Waals surface area contributed by atoms with Crippen LogP contribution in [-0.2, 0) is 4.79 Å². The van der Waals surface area contributed by atoms with Crippen molar-refractivity contribution in [1.82, 2.24) is 10.6 Å².